The summed E-state index contributed by atoms with van der Waals surface area (Å²) >= 11 is 1.32. The first-order valence-corrected chi connectivity index (χ1v) is 6.72. The third-order valence-corrected chi connectivity index (χ3v) is 3.68. The lowest BCUT2D eigenvalue weighted by molar-refractivity contribution is 0.0512. The smallest absolute Gasteiger partial charge is 0.358 e. The van der Waals surface area contributed by atoms with E-state index in [1.807, 2.05) is 0 Å². The lowest BCUT2D eigenvalue weighted by Crippen LogP contribution is -2.10. The summed E-state index contributed by atoms with van der Waals surface area (Å²) in [6.45, 7) is 1.77. The maximum absolute atomic E-state index is 11.9. The molecular formula is C13H13NO5S. The predicted molar refractivity (Wildman–Crippen MR) is 73.3 cm³/mol. The summed E-state index contributed by atoms with van der Waals surface area (Å²) in [7, 11) is 1.52. The topological polar surface area (TPSA) is 88.8 Å². The van der Waals surface area contributed by atoms with Crippen LogP contribution in [0, 0.1) is 0 Å². The minimum atomic E-state index is -1.29. The van der Waals surface area contributed by atoms with Crippen molar-refractivity contribution in [3.63, 3.8) is 0 Å². The molecule has 20 heavy (non-hydrogen) atoms. The molecule has 0 aliphatic heterocycles. The minimum Gasteiger partial charge on any atom is -0.505 e. The SMILES string of the molecule is CCOC(=O)c1c(O)c(C(=O)O)c(-c2cccs2)n1C. The average molecular weight is 295 g/mol. The number of carboxylic acid groups (broad SMARTS) is 1. The number of aromatic hydroxyl groups is 1. The molecule has 2 N–H and O–H groups in total. The monoisotopic (exact) mass is 295 g/mol. The number of esters is 1. The lowest BCUT2D eigenvalue weighted by atomic mass is 10.2. The lowest BCUT2D eigenvalue weighted by Gasteiger charge is -2.05. The third kappa shape index (κ3) is 2.16. The predicted octanol–water partition coefficient (Wildman–Crippen LogP) is 2.33. The van der Waals surface area contributed by atoms with E-state index in [4.69, 9.17) is 4.74 Å². The molecule has 7 heteroatoms. The van der Waals surface area contributed by atoms with Crippen LogP contribution in [0.25, 0.3) is 10.6 Å². The first-order chi connectivity index (χ1) is 9.49. The Labute approximate surface area is 118 Å². The molecule has 0 amide bonds. The first kappa shape index (κ1) is 14.1. The number of hydrogen-bond acceptors (Lipinski definition) is 5. The largest absolute Gasteiger partial charge is 0.505 e. The van der Waals surface area contributed by atoms with Gasteiger partial charge in [-0.05, 0) is 18.4 Å². The molecule has 6 nitrogen and oxygen atoms in total. The fraction of sp³-hybridized carbons (Fsp3) is 0.231. The Morgan fingerprint density at radius 2 is 2.15 bits per heavy atom. The zero-order chi connectivity index (χ0) is 14.9. The highest BCUT2D eigenvalue weighted by Crippen LogP contribution is 2.38. The van der Waals surface area contributed by atoms with Crippen LogP contribution < -0.4 is 0 Å². The molecule has 2 aromatic rings. The number of aromatic carboxylic acids is 1. The second kappa shape index (κ2) is 5.38. The highest BCUT2D eigenvalue weighted by atomic mass is 32.1. The standard InChI is InChI=1S/C13H13NO5S/c1-3-19-13(18)10-11(15)8(12(16)17)9(14(10)2)7-5-4-6-20-7/h4-6,15H,3H2,1-2H3,(H,16,17). The van der Waals surface area contributed by atoms with Crippen LogP contribution in [-0.2, 0) is 11.8 Å². The summed E-state index contributed by atoms with van der Waals surface area (Å²) in [6, 6.07) is 3.49. The molecule has 0 radical (unpaired) electrons. The Bertz CT molecular complexity index is 657. The van der Waals surface area contributed by atoms with E-state index in [0.717, 1.165) is 0 Å². The molecule has 2 aromatic heterocycles. The molecule has 0 aromatic carbocycles. The number of rotatable bonds is 4. The van der Waals surface area contributed by atoms with Gasteiger partial charge in [0.1, 0.15) is 5.56 Å². The van der Waals surface area contributed by atoms with E-state index in [1.54, 1.807) is 24.4 Å². The molecule has 106 valence electrons. The molecule has 0 aliphatic carbocycles. The van der Waals surface area contributed by atoms with Crippen molar-refractivity contribution < 1.29 is 24.5 Å². The van der Waals surface area contributed by atoms with Gasteiger partial charge in [0, 0.05) is 7.05 Å². The molecule has 0 saturated heterocycles. The van der Waals surface area contributed by atoms with Gasteiger partial charge in [-0.3, -0.25) is 0 Å². The number of aromatic nitrogens is 1. The second-order valence-electron chi connectivity index (χ2n) is 3.98. The zero-order valence-corrected chi connectivity index (χ0v) is 11.7. The van der Waals surface area contributed by atoms with Crippen LogP contribution in [0.4, 0.5) is 0 Å². The van der Waals surface area contributed by atoms with Gasteiger partial charge in [0.15, 0.2) is 11.4 Å². The Hall–Kier alpha value is -2.28. The van der Waals surface area contributed by atoms with Crippen molar-refractivity contribution in [2.75, 3.05) is 6.61 Å². The van der Waals surface area contributed by atoms with Crippen LogP contribution in [0.2, 0.25) is 0 Å². The molecule has 2 rings (SSSR count). The van der Waals surface area contributed by atoms with Crippen LogP contribution in [0.15, 0.2) is 17.5 Å². The van der Waals surface area contributed by atoms with Gasteiger partial charge in [-0.15, -0.1) is 11.3 Å². The highest BCUT2D eigenvalue weighted by molar-refractivity contribution is 7.13. The molecule has 0 atom stereocenters. The van der Waals surface area contributed by atoms with Crippen molar-refractivity contribution in [2.24, 2.45) is 7.05 Å². The molecule has 2 heterocycles. The van der Waals surface area contributed by atoms with E-state index >= 15 is 0 Å². The summed E-state index contributed by atoms with van der Waals surface area (Å²) < 4.78 is 6.20. The van der Waals surface area contributed by atoms with Crippen molar-refractivity contribution in [3.8, 4) is 16.3 Å². The van der Waals surface area contributed by atoms with Gasteiger partial charge in [0.25, 0.3) is 0 Å². The molecule has 0 aliphatic rings. The number of thiophene rings is 1. The number of carbonyl (C=O) groups is 2. The Balaban J connectivity index is 2.71. The molecule has 0 unspecified atom stereocenters. The van der Waals surface area contributed by atoms with Crippen molar-refractivity contribution >= 4 is 23.3 Å². The van der Waals surface area contributed by atoms with Gasteiger partial charge in [-0.25, -0.2) is 9.59 Å². The Kier molecular flexibility index (Phi) is 3.80. The summed E-state index contributed by atoms with van der Waals surface area (Å²) in [5.41, 5.74) is -0.168. The molecule has 0 spiro atoms. The fourth-order valence-electron chi connectivity index (χ4n) is 2.01. The fourth-order valence-corrected chi connectivity index (χ4v) is 2.82. The van der Waals surface area contributed by atoms with Gasteiger partial charge in [0.2, 0.25) is 0 Å². The number of ether oxygens (including phenoxy) is 1. The second-order valence-corrected chi connectivity index (χ2v) is 4.93. The van der Waals surface area contributed by atoms with E-state index in [9.17, 15) is 19.8 Å². The quantitative estimate of drug-likeness (QED) is 0.845. The summed E-state index contributed by atoms with van der Waals surface area (Å²) in [6.07, 6.45) is 0. The van der Waals surface area contributed by atoms with Gasteiger partial charge in [0.05, 0.1) is 17.2 Å². The Morgan fingerprint density at radius 3 is 2.65 bits per heavy atom. The number of carboxylic acids is 1. The van der Waals surface area contributed by atoms with Crippen molar-refractivity contribution in [2.45, 2.75) is 6.92 Å². The third-order valence-electron chi connectivity index (χ3n) is 2.81. The van der Waals surface area contributed by atoms with Crippen molar-refractivity contribution in [3.05, 3.63) is 28.8 Å². The van der Waals surface area contributed by atoms with Crippen molar-refractivity contribution in [1.29, 1.82) is 0 Å². The zero-order valence-electron chi connectivity index (χ0n) is 10.9. The van der Waals surface area contributed by atoms with Crippen LogP contribution in [0.5, 0.6) is 5.75 Å². The van der Waals surface area contributed by atoms with E-state index < -0.39 is 17.7 Å². The summed E-state index contributed by atoms with van der Waals surface area (Å²) in [5.74, 6) is -2.61. The van der Waals surface area contributed by atoms with Gasteiger partial charge >= 0.3 is 11.9 Å². The normalized spacial score (nSPS) is 10.5. The minimum absolute atomic E-state index is 0.139. The van der Waals surface area contributed by atoms with E-state index in [-0.39, 0.29) is 23.6 Å². The van der Waals surface area contributed by atoms with Gasteiger partial charge in [-0.2, -0.15) is 0 Å². The van der Waals surface area contributed by atoms with E-state index in [0.29, 0.717) is 4.88 Å². The van der Waals surface area contributed by atoms with Gasteiger partial charge < -0.3 is 19.5 Å². The Morgan fingerprint density at radius 1 is 1.45 bits per heavy atom. The highest BCUT2D eigenvalue weighted by Gasteiger charge is 2.31. The first-order valence-electron chi connectivity index (χ1n) is 5.84. The molecule has 0 fully saturated rings. The number of hydrogen-bond donors (Lipinski definition) is 2. The van der Waals surface area contributed by atoms with Crippen LogP contribution >= 0.6 is 11.3 Å². The van der Waals surface area contributed by atoms with Crippen LogP contribution in [0.1, 0.15) is 27.8 Å². The van der Waals surface area contributed by atoms with Crippen LogP contribution in [-0.4, -0.2) is 33.3 Å². The molecule has 0 bridgehead atoms. The summed E-state index contributed by atoms with van der Waals surface area (Å²) in [5, 5.41) is 21.1. The van der Waals surface area contributed by atoms with Crippen molar-refractivity contribution in [1.82, 2.24) is 4.57 Å². The molecular weight excluding hydrogens is 282 g/mol. The van der Waals surface area contributed by atoms with E-state index in [2.05, 4.69) is 0 Å². The van der Waals surface area contributed by atoms with Gasteiger partial charge in [-0.1, -0.05) is 6.07 Å². The van der Waals surface area contributed by atoms with E-state index in [1.165, 1.54) is 23.0 Å². The maximum Gasteiger partial charge on any atom is 0.358 e. The maximum atomic E-state index is 11.9. The number of nitrogens with zero attached hydrogens (tertiary/aromatic N) is 1. The van der Waals surface area contributed by atoms with Crippen LogP contribution in [0.3, 0.4) is 0 Å². The average Bonchev–Trinajstić information content (AvgIpc) is 2.95. The summed E-state index contributed by atoms with van der Waals surface area (Å²) in [4.78, 5) is 23.9. The number of carbonyl (C=O) groups excluding carboxylic acids is 1. The molecule has 0 saturated carbocycles.